The molecular weight excluding hydrogens is 188 g/mol. The maximum atomic E-state index is 11.2. The van der Waals surface area contributed by atoms with Crippen LogP contribution in [0.25, 0.3) is 0 Å². The van der Waals surface area contributed by atoms with Crippen LogP contribution in [-0.2, 0) is 4.79 Å². The number of amides is 1. The third kappa shape index (κ3) is 4.48. The van der Waals surface area contributed by atoms with Crippen LogP contribution in [0.15, 0.2) is 0 Å². The van der Waals surface area contributed by atoms with Gasteiger partial charge in [-0.3, -0.25) is 10.2 Å². The summed E-state index contributed by atoms with van der Waals surface area (Å²) in [6.07, 6.45) is 5.34. The van der Waals surface area contributed by atoms with Crippen molar-refractivity contribution in [3.8, 4) is 0 Å². The molecule has 1 aliphatic heterocycles. The second-order valence-electron chi connectivity index (χ2n) is 3.38. The predicted molar refractivity (Wildman–Crippen MR) is 53.5 cm³/mol. The molecule has 0 bridgehead atoms. The van der Waals surface area contributed by atoms with Gasteiger partial charge in [-0.25, -0.2) is 5.01 Å². The Bertz CT molecular complexity index is 156. The van der Waals surface area contributed by atoms with Crippen LogP contribution in [0.5, 0.6) is 0 Å². The van der Waals surface area contributed by atoms with Crippen LogP contribution < -0.4 is 5.43 Å². The molecule has 0 saturated carbocycles. The van der Waals surface area contributed by atoms with Gasteiger partial charge in [0, 0.05) is 25.4 Å². The minimum atomic E-state index is 0.0388. The van der Waals surface area contributed by atoms with E-state index in [0.717, 1.165) is 13.1 Å². The lowest BCUT2D eigenvalue weighted by Crippen LogP contribution is -2.42. The van der Waals surface area contributed by atoms with E-state index < -0.39 is 0 Å². The SMILES string of the molecule is O=C(CCCl)NN1CCCCCC1. The van der Waals surface area contributed by atoms with Crippen molar-refractivity contribution in [2.45, 2.75) is 32.1 Å². The molecule has 0 aromatic rings. The Balaban J connectivity index is 2.21. The Morgan fingerprint density at radius 1 is 1.23 bits per heavy atom. The maximum Gasteiger partial charge on any atom is 0.235 e. The predicted octanol–water partition coefficient (Wildman–Crippen LogP) is 1.52. The van der Waals surface area contributed by atoms with E-state index in [0.29, 0.717) is 12.3 Å². The van der Waals surface area contributed by atoms with E-state index in [-0.39, 0.29) is 5.91 Å². The minimum Gasteiger partial charge on any atom is -0.289 e. The van der Waals surface area contributed by atoms with Gasteiger partial charge >= 0.3 is 0 Å². The van der Waals surface area contributed by atoms with Crippen molar-refractivity contribution in [2.75, 3.05) is 19.0 Å². The van der Waals surface area contributed by atoms with Gasteiger partial charge in [0.05, 0.1) is 0 Å². The average Bonchev–Trinajstić information content (AvgIpc) is 2.33. The highest BCUT2D eigenvalue weighted by Crippen LogP contribution is 2.07. The zero-order valence-electron chi connectivity index (χ0n) is 7.89. The Hall–Kier alpha value is -0.280. The van der Waals surface area contributed by atoms with Crippen LogP contribution >= 0.6 is 11.6 Å². The third-order valence-electron chi connectivity index (χ3n) is 2.21. The summed E-state index contributed by atoms with van der Waals surface area (Å²) in [7, 11) is 0. The number of alkyl halides is 1. The molecule has 1 heterocycles. The van der Waals surface area contributed by atoms with E-state index in [9.17, 15) is 4.79 Å². The Morgan fingerprint density at radius 2 is 1.85 bits per heavy atom. The fourth-order valence-corrected chi connectivity index (χ4v) is 1.67. The molecule has 1 aliphatic rings. The summed E-state index contributed by atoms with van der Waals surface area (Å²) in [6, 6.07) is 0. The van der Waals surface area contributed by atoms with Crippen molar-refractivity contribution in [3.63, 3.8) is 0 Å². The third-order valence-corrected chi connectivity index (χ3v) is 2.40. The van der Waals surface area contributed by atoms with Crippen LogP contribution in [0.4, 0.5) is 0 Å². The monoisotopic (exact) mass is 204 g/mol. The van der Waals surface area contributed by atoms with Gasteiger partial charge in [-0.15, -0.1) is 11.6 Å². The minimum absolute atomic E-state index is 0.0388. The van der Waals surface area contributed by atoms with Gasteiger partial charge in [0.2, 0.25) is 5.91 Å². The fraction of sp³-hybridized carbons (Fsp3) is 0.889. The first-order valence-corrected chi connectivity index (χ1v) is 5.47. The smallest absolute Gasteiger partial charge is 0.235 e. The molecule has 0 spiro atoms. The van der Waals surface area contributed by atoms with Crippen molar-refractivity contribution < 1.29 is 4.79 Å². The number of carbonyl (C=O) groups is 1. The quantitative estimate of drug-likeness (QED) is 0.708. The fourth-order valence-electron chi connectivity index (χ4n) is 1.50. The molecule has 1 N–H and O–H groups in total. The number of carbonyl (C=O) groups excluding carboxylic acids is 1. The number of hydrazine groups is 1. The molecule has 1 rings (SSSR count). The summed E-state index contributed by atoms with van der Waals surface area (Å²) in [5.74, 6) is 0.441. The first-order chi connectivity index (χ1) is 6.33. The van der Waals surface area contributed by atoms with Gasteiger partial charge in [-0.2, -0.15) is 0 Å². The summed E-state index contributed by atoms with van der Waals surface area (Å²) in [5.41, 5.74) is 2.87. The van der Waals surface area contributed by atoms with Crippen LogP contribution in [0.2, 0.25) is 0 Å². The molecule has 0 aliphatic carbocycles. The van der Waals surface area contributed by atoms with Gasteiger partial charge in [-0.1, -0.05) is 12.8 Å². The number of halogens is 1. The molecule has 0 radical (unpaired) electrons. The molecule has 3 nitrogen and oxygen atoms in total. The van der Waals surface area contributed by atoms with Gasteiger partial charge in [0.25, 0.3) is 0 Å². The Morgan fingerprint density at radius 3 is 2.38 bits per heavy atom. The van der Waals surface area contributed by atoms with Crippen LogP contribution in [-0.4, -0.2) is 29.9 Å². The van der Waals surface area contributed by atoms with Crippen molar-refractivity contribution in [2.24, 2.45) is 0 Å². The van der Waals surface area contributed by atoms with Crippen LogP contribution in [0.1, 0.15) is 32.1 Å². The molecular formula is C9H17ClN2O. The van der Waals surface area contributed by atoms with Gasteiger partial charge in [0.1, 0.15) is 0 Å². The van der Waals surface area contributed by atoms with Crippen molar-refractivity contribution in [3.05, 3.63) is 0 Å². The number of nitrogens with zero attached hydrogens (tertiary/aromatic N) is 1. The zero-order chi connectivity index (χ0) is 9.52. The molecule has 0 unspecified atom stereocenters. The lowest BCUT2D eigenvalue weighted by atomic mass is 10.2. The van der Waals surface area contributed by atoms with E-state index >= 15 is 0 Å². The Labute approximate surface area is 84.4 Å². The van der Waals surface area contributed by atoms with E-state index in [1.807, 2.05) is 5.01 Å². The highest BCUT2D eigenvalue weighted by Gasteiger charge is 2.10. The molecule has 0 atom stereocenters. The molecule has 1 fully saturated rings. The standard InChI is InChI=1S/C9H17ClN2O/c10-6-5-9(13)11-12-7-3-1-2-4-8-12/h1-8H2,(H,11,13). The second-order valence-corrected chi connectivity index (χ2v) is 3.75. The Kier molecular flexibility index (Phi) is 5.16. The maximum absolute atomic E-state index is 11.2. The van der Waals surface area contributed by atoms with E-state index in [2.05, 4.69) is 5.43 Å². The summed E-state index contributed by atoms with van der Waals surface area (Å²) in [5, 5.41) is 2.02. The molecule has 13 heavy (non-hydrogen) atoms. The number of nitrogens with one attached hydrogen (secondary N) is 1. The highest BCUT2D eigenvalue weighted by molar-refractivity contribution is 6.18. The molecule has 76 valence electrons. The van der Waals surface area contributed by atoms with E-state index in [4.69, 9.17) is 11.6 Å². The highest BCUT2D eigenvalue weighted by atomic mass is 35.5. The van der Waals surface area contributed by atoms with Crippen molar-refractivity contribution in [1.29, 1.82) is 0 Å². The first-order valence-electron chi connectivity index (χ1n) is 4.93. The summed E-state index contributed by atoms with van der Waals surface area (Å²) >= 11 is 5.47. The van der Waals surface area contributed by atoms with E-state index in [1.54, 1.807) is 0 Å². The van der Waals surface area contributed by atoms with Gasteiger partial charge in [0.15, 0.2) is 0 Å². The molecule has 0 aromatic carbocycles. The van der Waals surface area contributed by atoms with Crippen molar-refractivity contribution in [1.82, 2.24) is 10.4 Å². The summed E-state index contributed by atoms with van der Waals surface area (Å²) < 4.78 is 0. The average molecular weight is 205 g/mol. The van der Waals surface area contributed by atoms with Gasteiger partial charge in [-0.05, 0) is 12.8 Å². The first kappa shape index (κ1) is 10.8. The summed E-state index contributed by atoms with van der Waals surface area (Å²) in [6.45, 7) is 1.96. The molecule has 0 aromatic heterocycles. The molecule has 4 heteroatoms. The molecule has 1 amide bonds. The van der Waals surface area contributed by atoms with Crippen molar-refractivity contribution >= 4 is 17.5 Å². The van der Waals surface area contributed by atoms with E-state index in [1.165, 1.54) is 25.7 Å². The van der Waals surface area contributed by atoms with Gasteiger partial charge < -0.3 is 0 Å². The van der Waals surface area contributed by atoms with Crippen LogP contribution in [0, 0.1) is 0 Å². The topological polar surface area (TPSA) is 32.3 Å². The largest absolute Gasteiger partial charge is 0.289 e. The lowest BCUT2D eigenvalue weighted by molar-refractivity contribution is -0.125. The molecule has 1 saturated heterocycles. The zero-order valence-corrected chi connectivity index (χ0v) is 8.65. The number of hydrogen-bond acceptors (Lipinski definition) is 2. The second kappa shape index (κ2) is 6.22. The number of hydrogen-bond donors (Lipinski definition) is 1. The normalized spacial score (nSPS) is 19.5. The lowest BCUT2D eigenvalue weighted by Gasteiger charge is -2.20. The van der Waals surface area contributed by atoms with Crippen LogP contribution in [0.3, 0.4) is 0 Å². The summed E-state index contributed by atoms with van der Waals surface area (Å²) in [4.78, 5) is 11.2. The number of rotatable bonds is 3.